The van der Waals surface area contributed by atoms with Crippen LogP contribution in [0.15, 0.2) is 35.4 Å². The van der Waals surface area contributed by atoms with Crippen molar-refractivity contribution >= 4 is 10.8 Å². The summed E-state index contributed by atoms with van der Waals surface area (Å²) in [5.74, 6) is -0.137. The lowest BCUT2D eigenvalue weighted by molar-refractivity contribution is 0.622. The van der Waals surface area contributed by atoms with Crippen LogP contribution in [0.1, 0.15) is 5.69 Å². The molecule has 0 saturated carbocycles. The first-order valence-electron chi connectivity index (χ1n) is 4.64. The molecule has 6 heteroatoms. The minimum Gasteiger partial charge on any atom is -0.255 e. The molecule has 1 unspecified atom stereocenters. The van der Waals surface area contributed by atoms with Gasteiger partial charge in [0.25, 0.3) is 0 Å². The van der Waals surface area contributed by atoms with Crippen molar-refractivity contribution in [2.45, 2.75) is 10.6 Å². The molecular weight excluding hydrogens is 229 g/mol. The minimum absolute atomic E-state index is 0.247. The fraction of sp³-hybridized carbons (Fsp3) is 0.200. The molecule has 0 fully saturated rings. The van der Waals surface area contributed by atoms with E-state index in [2.05, 4.69) is 10.3 Å². The van der Waals surface area contributed by atoms with Crippen LogP contribution in [0.2, 0.25) is 0 Å². The van der Waals surface area contributed by atoms with E-state index in [9.17, 15) is 8.60 Å². The molecule has 0 bridgehead atoms. The number of hydrogen-bond acceptors (Lipinski definition) is 3. The summed E-state index contributed by atoms with van der Waals surface area (Å²) in [4.78, 5) is 0.464. The van der Waals surface area contributed by atoms with Gasteiger partial charge in [-0.2, -0.15) is 0 Å². The summed E-state index contributed by atoms with van der Waals surface area (Å²) in [6.45, 7) is 0. The van der Waals surface area contributed by atoms with E-state index in [-0.39, 0.29) is 11.6 Å². The van der Waals surface area contributed by atoms with Crippen molar-refractivity contribution < 1.29 is 8.60 Å². The predicted molar refractivity (Wildman–Crippen MR) is 57.5 cm³/mol. The van der Waals surface area contributed by atoms with Crippen molar-refractivity contribution in [2.75, 3.05) is 0 Å². The van der Waals surface area contributed by atoms with Gasteiger partial charge in [-0.1, -0.05) is 11.3 Å². The smallest absolute Gasteiger partial charge is 0.124 e. The van der Waals surface area contributed by atoms with Crippen LogP contribution >= 0.6 is 0 Å². The Kier molecular flexibility index (Phi) is 3.09. The maximum absolute atomic E-state index is 12.9. The second kappa shape index (κ2) is 4.52. The molecule has 1 aromatic carbocycles. The summed E-state index contributed by atoms with van der Waals surface area (Å²) in [5, 5.41) is 7.57. The molecule has 1 heterocycles. The first-order valence-corrected chi connectivity index (χ1v) is 5.96. The standard InChI is InChI=1S/C10H10FN3OS/c1-14-6-9(12-13-14)7-16(15)10-4-2-3-8(11)5-10/h2-6H,7H2,1H3. The molecule has 0 aliphatic heterocycles. The molecule has 0 amide bonds. The summed E-state index contributed by atoms with van der Waals surface area (Å²) in [7, 11) is 0.451. The van der Waals surface area contributed by atoms with Gasteiger partial charge in [-0.05, 0) is 18.2 Å². The fourth-order valence-electron chi connectivity index (χ4n) is 1.29. The second-order valence-electron chi connectivity index (χ2n) is 3.33. The molecule has 4 nitrogen and oxygen atoms in total. The van der Waals surface area contributed by atoms with E-state index in [1.54, 1.807) is 25.4 Å². The minimum atomic E-state index is -1.29. The van der Waals surface area contributed by atoms with Crippen LogP contribution < -0.4 is 0 Å². The molecule has 0 saturated heterocycles. The number of benzene rings is 1. The molecule has 16 heavy (non-hydrogen) atoms. The Morgan fingerprint density at radius 1 is 1.50 bits per heavy atom. The van der Waals surface area contributed by atoms with E-state index in [1.807, 2.05) is 0 Å². The van der Waals surface area contributed by atoms with E-state index in [1.165, 1.54) is 16.8 Å². The molecule has 0 aliphatic carbocycles. The highest BCUT2D eigenvalue weighted by molar-refractivity contribution is 7.84. The summed E-state index contributed by atoms with van der Waals surface area (Å²) in [5.41, 5.74) is 0.630. The SMILES string of the molecule is Cn1cc(CS(=O)c2cccc(F)c2)nn1. The molecular formula is C10H10FN3OS. The number of halogens is 1. The third kappa shape index (κ3) is 2.52. The Hall–Kier alpha value is -1.56. The highest BCUT2D eigenvalue weighted by Gasteiger charge is 2.08. The van der Waals surface area contributed by atoms with Crippen LogP contribution in [0.5, 0.6) is 0 Å². The average molecular weight is 239 g/mol. The van der Waals surface area contributed by atoms with Crippen LogP contribution in [0.4, 0.5) is 4.39 Å². The maximum Gasteiger partial charge on any atom is 0.124 e. The zero-order chi connectivity index (χ0) is 11.5. The lowest BCUT2D eigenvalue weighted by Crippen LogP contribution is -1.97. The lowest BCUT2D eigenvalue weighted by Gasteiger charge is -1.99. The Morgan fingerprint density at radius 2 is 2.31 bits per heavy atom. The average Bonchev–Trinajstić information content (AvgIpc) is 2.64. The molecule has 1 aromatic heterocycles. The van der Waals surface area contributed by atoms with Crippen LogP contribution in [0.25, 0.3) is 0 Å². The molecule has 0 spiro atoms. The van der Waals surface area contributed by atoms with Crippen LogP contribution in [0.3, 0.4) is 0 Å². The summed E-state index contributed by atoms with van der Waals surface area (Å²) < 4.78 is 26.3. The highest BCUT2D eigenvalue weighted by Crippen LogP contribution is 2.11. The van der Waals surface area contributed by atoms with Gasteiger partial charge >= 0.3 is 0 Å². The summed E-state index contributed by atoms with van der Waals surface area (Å²) >= 11 is 0. The van der Waals surface area contributed by atoms with Gasteiger partial charge in [0, 0.05) is 18.1 Å². The first-order chi connectivity index (χ1) is 7.65. The molecule has 84 valence electrons. The van der Waals surface area contributed by atoms with Gasteiger partial charge in [-0.3, -0.25) is 8.89 Å². The third-order valence-corrected chi connectivity index (χ3v) is 3.33. The number of hydrogen-bond donors (Lipinski definition) is 0. The Bertz CT molecular complexity index is 526. The quantitative estimate of drug-likeness (QED) is 0.810. The Morgan fingerprint density at radius 3 is 2.94 bits per heavy atom. The maximum atomic E-state index is 12.9. The van der Waals surface area contributed by atoms with E-state index in [0.29, 0.717) is 10.6 Å². The van der Waals surface area contributed by atoms with Crippen molar-refractivity contribution in [3.8, 4) is 0 Å². The Labute approximate surface area is 94.6 Å². The van der Waals surface area contributed by atoms with Crippen LogP contribution in [-0.2, 0) is 23.6 Å². The Balaban J connectivity index is 2.14. The van der Waals surface area contributed by atoms with Gasteiger partial charge in [-0.15, -0.1) is 5.10 Å². The summed E-state index contributed by atoms with van der Waals surface area (Å²) in [6.07, 6.45) is 1.69. The zero-order valence-electron chi connectivity index (χ0n) is 8.63. The van der Waals surface area contributed by atoms with Gasteiger partial charge in [0.15, 0.2) is 0 Å². The molecule has 1 atom stereocenters. The second-order valence-corrected chi connectivity index (χ2v) is 4.78. The van der Waals surface area contributed by atoms with Crippen molar-refractivity contribution in [1.29, 1.82) is 0 Å². The van der Waals surface area contributed by atoms with Crippen LogP contribution in [-0.4, -0.2) is 19.2 Å². The first kappa shape index (κ1) is 10.9. The van der Waals surface area contributed by atoms with E-state index in [0.717, 1.165) is 0 Å². The molecule has 0 N–H and O–H groups in total. The summed E-state index contributed by atoms with van der Waals surface area (Å²) in [6, 6.07) is 5.77. The van der Waals surface area contributed by atoms with Gasteiger partial charge < -0.3 is 0 Å². The van der Waals surface area contributed by atoms with Gasteiger partial charge in [0.2, 0.25) is 0 Å². The number of aryl methyl sites for hydroxylation is 1. The molecule has 2 aromatic rings. The number of rotatable bonds is 3. The largest absolute Gasteiger partial charge is 0.255 e. The van der Waals surface area contributed by atoms with E-state index < -0.39 is 10.8 Å². The number of aromatic nitrogens is 3. The predicted octanol–water partition coefficient (Wildman–Crippen LogP) is 1.26. The fourth-order valence-corrected chi connectivity index (χ4v) is 2.33. The molecule has 0 radical (unpaired) electrons. The van der Waals surface area contributed by atoms with Gasteiger partial charge in [0.05, 0.1) is 22.2 Å². The van der Waals surface area contributed by atoms with E-state index in [4.69, 9.17) is 0 Å². The zero-order valence-corrected chi connectivity index (χ0v) is 9.45. The highest BCUT2D eigenvalue weighted by atomic mass is 32.2. The van der Waals surface area contributed by atoms with Crippen LogP contribution in [0, 0.1) is 5.82 Å². The van der Waals surface area contributed by atoms with Crippen molar-refractivity contribution in [3.05, 3.63) is 42.0 Å². The van der Waals surface area contributed by atoms with Crippen molar-refractivity contribution in [1.82, 2.24) is 15.0 Å². The monoisotopic (exact) mass is 239 g/mol. The van der Waals surface area contributed by atoms with Gasteiger partial charge in [-0.25, -0.2) is 4.39 Å². The number of nitrogens with zero attached hydrogens (tertiary/aromatic N) is 3. The molecule has 2 rings (SSSR count). The molecule has 0 aliphatic rings. The lowest BCUT2D eigenvalue weighted by atomic mass is 10.4. The normalized spacial score (nSPS) is 12.6. The van der Waals surface area contributed by atoms with Gasteiger partial charge in [0.1, 0.15) is 5.82 Å². The third-order valence-electron chi connectivity index (χ3n) is 1.99. The van der Waals surface area contributed by atoms with E-state index >= 15 is 0 Å². The topological polar surface area (TPSA) is 47.8 Å². The van der Waals surface area contributed by atoms with Crippen molar-refractivity contribution in [3.63, 3.8) is 0 Å². The van der Waals surface area contributed by atoms with Crippen molar-refractivity contribution in [2.24, 2.45) is 7.05 Å².